The van der Waals surface area contributed by atoms with Gasteiger partial charge in [0.05, 0.1) is 12.0 Å². The third kappa shape index (κ3) is 0.993. The third-order valence-corrected chi connectivity index (χ3v) is 1.74. The van der Waals surface area contributed by atoms with E-state index in [1.54, 1.807) is 24.3 Å². The Kier molecular flexibility index (Phi) is 1.43. The van der Waals surface area contributed by atoms with Crippen molar-refractivity contribution in [3.05, 3.63) is 29.8 Å². The first-order valence-corrected chi connectivity index (χ1v) is 3.65. The number of fused-ring (bicyclic) bond motifs is 1. The van der Waals surface area contributed by atoms with Crippen molar-refractivity contribution in [2.75, 3.05) is 0 Å². The highest BCUT2D eigenvalue weighted by molar-refractivity contribution is 6.11. The standard InChI is InChI=1S/C9H7NO2/c10-9-5-7(11)6-3-1-2-4-8(6)12-9/h1-4,10H,5H2. The molecular formula is C9H7NO2. The lowest BCUT2D eigenvalue weighted by Crippen LogP contribution is -2.20. The number of carbonyl (C=O) groups is 1. The lowest BCUT2D eigenvalue weighted by Gasteiger charge is -2.15. The summed E-state index contributed by atoms with van der Waals surface area (Å²) in [6, 6.07) is 6.98. The van der Waals surface area contributed by atoms with E-state index in [1.807, 2.05) is 0 Å². The van der Waals surface area contributed by atoms with Gasteiger partial charge >= 0.3 is 0 Å². The van der Waals surface area contributed by atoms with Crippen LogP contribution in [0.3, 0.4) is 0 Å². The van der Waals surface area contributed by atoms with Gasteiger partial charge in [0, 0.05) is 0 Å². The van der Waals surface area contributed by atoms with Crippen molar-refractivity contribution >= 4 is 11.7 Å². The molecule has 0 amide bonds. The molecule has 3 nitrogen and oxygen atoms in total. The zero-order valence-electron chi connectivity index (χ0n) is 6.33. The molecule has 0 aliphatic carbocycles. The zero-order chi connectivity index (χ0) is 8.55. The van der Waals surface area contributed by atoms with Gasteiger partial charge in [0.15, 0.2) is 11.7 Å². The molecule has 1 heterocycles. The van der Waals surface area contributed by atoms with Crippen LogP contribution in [0, 0.1) is 5.41 Å². The number of benzene rings is 1. The molecule has 1 aromatic rings. The van der Waals surface area contributed by atoms with Crippen molar-refractivity contribution < 1.29 is 9.53 Å². The monoisotopic (exact) mass is 161 g/mol. The van der Waals surface area contributed by atoms with Gasteiger partial charge in [0.1, 0.15) is 5.75 Å². The highest BCUT2D eigenvalue weighted by Crippen LogP contribution is 2.24. The van der Waals surface area contributed by atoms with Crippen LogP contribution in [-0.4, -0.2) is 11.7 Å². The van der Waals surface area contributed by atoms with Crippen LogP contribution < -0.4 is 4.74 Å². The molecule has 12 heavy (non-hydrogen) atoms. The minimum atomic E-state index is -0.0400. The first-order valence-electron chi connectivity index (χ1n) is 3.65. The van der Waals surface area contributed by atoms with Crippen molar-refractivity contribution in [1.29, 1.82) is 5.41 Å². The smallest absolute Gasteiger partial charge is 0.195 e. The number of ketones is 1. The molecule has 0 bridgehead atoms. The zero-order valence-corrected chi connectivity index (χ0v) is 6.33. The molecule has 60 valence electrons. The number of rotatable bonds is 0. The van der Waals surface area contributed by atoms with E-state index < -0.39 is 0 Å². The molecule has 2 rings (SSSR count). The summed E-state index contributed by atoms with van der Waals surface area (Å²) in [5, 5.41) is 7.21. The van der Waals surface area contributed by atoms with Crippen LogP contribution in [0.2, 0.25) is 0 Å². The molecular weight excluding hydrogens is 154 g/mol. The molecule has 0 unspecified atom stereocenters. The second kappa shape index (κ2) is 2.44. The molecule has 3 heteroatoms. The summed E-state index contributed by atoms with van der Waals surface area (Å²) in [5.41, 5.74) is 0.577. The van der Waals surface area contributed by atoms with Gasteiger partial charge in [-0.05, 0) is 12.1 Å². The van der Waals surface area contributed by atoms with Crippen LogP contribution in [0.5, 0.6) is 5.75 Å². The van der Waals surface area contributed by atoms with Gasteiger partial charge in [-0.25, -0.2) is 0 Å². The van der Waals surface area contributed by atoms with Crippen LogP contribution in [-0.2, 0) is 0 Å². The molecule has 0 atom stereocenters. The Balaban J connectivity index is 2.54. The Morgan fingerprint density at radius 1 is 1.33 bits per heavy atom. The van der Waals surface area contributed by atoms with E-state index in [9.17, 15) is 4.79 Å². The van der Waals surface area contributed by atoms with E-state index >= 15 is 0 Å². The summed E-state index contributed by atoms with van der Waals surface area (Å²) in [6.45, 7) is 0. The predicted octanol–water partition coefficient (Wildman–Crippen LogP) is 1.63. The molecule has 1 aromatic carbocycles. The Labute approximate surface area is 69.5 Å². The normalized spacial score (nSPS) is 15.3. The molecule has 0 saturated carbocycles. The van der Waals surface area contributed by atoms with E-state index in [4.69, 9.17) is 10.1 Å². The molecule has 0 radical (unpaired) electrons. The summed E-state index contributed by atoms with van der Waals surface area (Å²) in [6.07, 6.45) is 0.0804. The average Bonchev–Trinajstić information content (AvgIpc) is 2.04. The SMILES string of the molecule is N=C1CC(=O)c2ccccc2O1. The first-order chi connectivity index (χ1) is 5.77. The predicted molar refractivity (Wildman–Crippen MR) is 43.7 cm³/mol. The van der Waals surface area contributed by atoms with Crippen LogP contribution in [0.15, 0.2) is 24.3 Å². The van der Waals surface area contributed by atoms with E-state index in [2.05, 4.69) is 0 Å². The van der Waals surface area contributed by atoms with Crippen LogP contribution >= 0.6 is 0 Å². The van der Waals surface area contributed by atoms with Crippen LogP contribution in [0.4, 0.5) is 0 Å². The van der Waals surface area contributed by atoms with E-state index in [0.717, 1.165) is 0 Å². The molecule has 0 aromatic heterocycles. The van der Waals surface area contributed by atoms with Gasteiger partial charge in [-0.1, -0.05) is 12.1 Å². The Hall–Kier alpha value is -1.64. The number of para-hydroxylation sites is 1. The summed E-state index contributed by atoms with van der Waals surface area (Å²) >= 11 is 0. The fraction of sp³-hybridized carbons (Fsp3) is 0.111. The fourth-order valence-electron chi connectivity index (χ4n) is 1.20. The molecule has 0 spiro atoms. The van der Waals surface area contributed by atoms with E-state index in [-0.39, 0.29) is 18.1 Å². The number of hydrogen-bond donors (Lipinski definition) is 1. The van der Waals surface area contributed by atoms with Gasteiger partial charge in [-0.2, -0.15) is 0 Å². The largest absolute Gasteiger partial charge is 0.442 e. The Morgan fingerprint density at radius 3 is 2.92 bits per heavy atom. The Bertz CT molecular complexity index is 357. The fourth-order valence-corrected chi connectivity index (χ4v) is 1.20. The van der Waals surface area contributed by atoms with Gasteiger partial charge in [0.2, 0.25) is 0 Å². The van der Waals surface area contributed by atoms with E-state index in [1.165, 1.54) is 0 Å². The van der Waals surface area contributed by atoms with Crippen molar-refractivity contribution in [2.45, 2.75) is 6.42 Å². The average molecular weight is 161 g/mol. The van der Waals surface area contributed by atoms with Crippen molar-refractivity contribution in [3.63, 3.8) is 0 Å². The summed E-state index contributed by atoms with van der Waals surface area (Å²) in [7, 11) is 0. The van der Waals surface area contributed by atoms with Gasteiger partial charge in [-0.15, -0.1) is 0 Å². The van der Waals surface area contributed by atoms with Crippen molar-refractivity contribution in [3.8, 4) is 5.75 Å². The summed E-state index contributed by atoms with van der Waals surface area (Å²) < 4.78 is 5.06. The maximum Gasteiger partial charge on any atom is 0.195 e. The molecule has 1 N–H and O–H groups in total. The molecule has 1 aliphatic heterocycles. The van der Waals surface area contributed by atoms with Crippen molar-refractivity contribution in [2.24, 2.45) is 0 Å². The second-order valence-corrected chi connectivity index (χ2v) is 2.62. The molecule has 1 aliphatic rings. The van der Waals surface area contributed by atoms with Gasteiger partial charge in [0.25, 0.3) is 0 Å². The van der Waals surface area contributed by atoms with E-state index in [0.29, 0.717) is 11.3 Å². The van der Waals surface area contributed by atoms with Crippen LogP contribution in [0.1, 0.15) is 16.8 Å². The molecule has 0 fully saturated rings. The lowest BCUT2D eigenvalue weighted by atomic mass is 10.1. The maximum absolute atomic E-state index is 11.3. The number of ether oxygens (including phenoxy) is 1. The minimum Gasteiger partial charge on any atom is -0.442 e. The van der Waals surface area contributed by atoms with Crippen molar-refractivity contribution in [1.82, 2.24) is 0 Å². The second-order valence-electron chi connectivity index (χ2n) is 2.62. The van der Waals surface area contributed by atoms with Crippen LogP contribution in [0.25, 0.3) is 0 Å². The number of nitrogens with one attached hydrogen (secondary N) is 1. The topological polar surface area (TPSA) is 50.2 Å². The van der Waals surface area contributed by atoms with Gasteiger partial charge in [-0.3, -0.25) is 10.2 Å². The number of carbonyl (C=O) groups excluding carboxylic acids is 1. The summed E-state index contributed by atoms with van der Waals surface area (Å²) in [4.78, 5) is 11.3. The maximum atomic E-state index is 11.3. The molecule has 0 saturated heterocycles. The number of Topliss-reactive ketones (excluding diaryl/α,β-unsaturated/α-hetero) is 1. The lowest BCUT2D eigenvalue weighted by molar-refractivity contribution is 0.0987. The highest BCUT2D eigenvalue weighted by Gasteiger charge is 2.21. The third-order valence-electron chi connectivity index (χ3n) is 1.74. The quantitative estimate of drug-likeness (QED) is 0.628. The highest BCUT2D eigenvalue weighted by atomic mass is 16.5. The number of hydrogen-bond acceptors (Lipinski definition) is 3. The summed E-state index contributed by atoms with van der Waals surface area (Å²) in [5.74, 6) is 0.485. The Morgan fingerprint density at radius 2 is 2.08 bits per heavy atom. The first kappa shape index (κ1) is 7.03. The minimum absolute atomic E-state index is 0.0266. The van der Waals surface area contributed by atoms with Gasteiger partial charge < -0.3 is 4.74 Å².